The highest BCUT2D eigenvalue weighted by Crippen LogP contribution is 2.26. The van der Waals surface area contributed by atoms with Gasteiger partial charge in [-0.3, -0.25) is 0 Å². The number of sulfonamides is 1. The highest BCUT2D eigenvalue weighted by Gasteiger charge is 2.25. The summed E-state index contributed by atoms with van der Waals surface area (Å²) >= 11 is 0. The molecule has 21 heavy (non-hydrogen) atoms. The van der Waals surface area contributed by atoms with Crippen LogP contribution in [-0.2, 0) is 10.0 Å². The number of piperidine rings is 1. The SMILES string of the molecule is CC.CC1(C)C=CC=CC(S(=O)(=O)NC2CCCNC2)=C1. The van der Waals surface area contributed by atoms with E-state index in [4.69, 9.17) is 0 Å². The Morgan fingerprint density at radius 1 is 1.29 bits per heavy atom. The van der Waals surface area contributed by atoms with Crippen molar-refractivity contribution in [3.63, 3.8) is 0 Å². The third kappa shape index (κ3) is 5.77. The van der Waals surface area contributed by atoms with Crippen molar-refractivity contribution in [3.05, 3.63) is 35.3 Å². The Kier molecular flexibility index (Phi) is 6.84. The zero-order chi connectivity index (χ0) is 15.9. The van der Waals surface area contributed by atoms with Gasteiger partial charge in [-0.15, -0.1) is 0 Å². The predicted octanol–water partition coefficient (Wildman–Crippen LogP) is 2.72. The van der Waals surface area contributed by atoms with Gasteiger partial charge in [-0.05, 0) is 25.5 Å². The number of nitrogens with one attached hydrogen (secondary N) is 2. The van der Waals surface area contributed by atoms with Crippen LogP contribution in [0.25, 0.3) is 0 Å². The summed E-state index contributed by atoms with van der Waals surface area (Å²) in [5, 5.41) is 3.21. The minimum atomic E-state index is -3.43. The zero-order valence-corrected chi connectivity index (χ0v) is 14.3. The van der Waals surface area contributed by atoms with Crippen LogP contribution >= 0.6 is 0 Å². The first-order valence-corrected chi connectivity index (χ1v) is 9.19. The van der Waals surface area contributed by atoms with Gasteiger partial charge in [-0.25, -0.2) is 13.1 Å². The van der Waals surface area contributed by atoms with Gasteiger partial charge in [0, 0.05) is 18.0 Å². The molecule has 1 saturated heterocycles. The van der Waals surface area contributed by atoms with E-state index in [1.54, 1.807) is 18.2 Å². The lowest BCUT2D eigenvalue weighted by molar-refractivity contribution is 0.430. The minimum Gasteiger partial charge on any atom is -0.315 e. The van der Waals surface area contributed by atoms with Gasteiger partial charge in [0.1, 0.15) is 0 Å². The van der Waals surface area contributed by atoms with E-state index in [1.165, 1.54) is 0 Å². The Morgan fingerprint density at radius 3 is 2.62 bits per heavy atom. The van der Waals surface area contributed by atoms with Crippen molar-refractivity contribution in [2.45, 2.75) is 46.6 Å². The van der Waals surface area contributed by atoms with Crippen molar-refractivity contribution < 1.29 is 8.42 Å². The zero-order valence-electron chi connectivity index (χ0n) is 13.5. The summed E-state index contributed by atoms with van der Waals surface area (Å²) in [7, 11) is -3.43. The largest absolute Gasteiger partial charge is 0.315 e. The van der Waals surface area contributed by atoms with Crippen LogP contribution < -0.4 is 10.0 Å². The molecule has 1 aliphatic carbocycles. The number of allylic oxidation sites excluding steroid dienone is 5. The van der Waals surface area contributed by atoms with Crippen LogP contribution in [-0.4, -0.2) is 27.5 Å². The van der Waals surface area contributed by atoms with Gasteiger partial charge in [0.25, 0.3) is 0 Å². The lowest BCUT2D eigenvalue weighted by Crippen LogP contribution is -2.45. The average molecular weight is 312 g/mol. The highest BCUT2D eigenvalue weighted by atomic mass is 32.2. The summed E-state index contributed by atoms with van der Waals surface area (Å²) in [6.45, 7) is 9.66. The van der Waals surface area contributed by atoms with Crippen LogP contribution in [0.5, 0.6) is 0 Å². The van der Waals surface area contributed by atoms with Crippen molar-refractivity contribution in [3.8, 4) is 0 Å². The van der Waals surface area contributed by atoms with E-state index < -0.39 is 10.0 Å². The molecule has 0 radical (unpaired) electrons. The lowest BCUT2D eigenvalue weighted by atomic mass is 9.93. The van der Waals surface area contributed by atoms with Crippen LogP contribution in [0.3, 0.4) is 0 Å². The number of hydrogen-bond donors (Lipinski definition) is 2. The first-order valence-electron chi connectivity index (χ1n) is 7.71. The Labute approximate surface area is 129 Å². The summed E-state index contributed by atoms with van der Waals surface area (Å²) in [6.07, 6.45) is 11.0. The molecule has 2 aliphatic rings. The van der Waals surface area contributed by atoms with E-state index in [0.717, 1.165) is 19.4 Å². The molecule has 1 atom stereocenters. The highest BCUT2D eigenvalue weighted by molar-refractivity contribution is 7.93. The van der Waals surface area contributed by atoms with Gasteiger partial charge < -0.3 is 5.32 Å². The van der Waals surface area contributed by atoms with Crippen LogP contribution in [0.4, 0.5) is 0 Å². The Balaban J connectivity index is 0.00000106. The summed E-state index contributed by atoms with van der Waals surface area (Å²) < 4.78 is 27.6. The average Bonchev–Trinajstić information content (AvgIpc) is 2.63. The lowest BCUT2D eigenvalue weighted by Gasteiger charge is -2.24. The molecule has 4 nitrogen and oxygen atoms in total. The minimum absolute atomic E-state index is 0.00706. The van der Waals surface area contributed by atoms with Crippen LogP contribution in [0.1, 0.15) is 40.5 Å². The van der Waals surface area contributed by atoms with Gasteiger partial charge in [-0.2, -0.15) is 0 Å². The fourth-order valence-electron chi connectivity index (χ4n) is 2.32. The molecule has 1 unspecified atom stereocenters. The Bertz CT molecular complexity index is 510. The molecule has 0 aromatic heterocycles. The quantitative estimate of drug-likeness (QED) is 0.842. The monoisotopic (exact) mass is 312 g/mol. The second kappa shape index (κ2) is 7.92. The third-order valence-corrected chi connectivity index (χ3v) is 4.86. The van der Waals surface area contributed by atoms with E-state index in [-0.39, 0.29) is 11.5 Å². The summed E-state index contributed by atoms with van der Waals surface area (Å²) in [4.78, 5) is 0.355. The molecule has 5 heteroatoms. The van der Waals surface area contributed by atoms with Crippen molar-refractivity contribution >= 4 is 10.0 Å². The first-order chi connectivity index (χ1) is 9.89. The molecule has 0 saturated carbocycles. The normalized spacial score (nSPS) is 24.6. The molecular weight excluding hydrogens is 284 g/mol. The topological polar surface area (TPSA) is 58.2 Å². The number of hydrogen-bond acceptors (Lipinski definition) is 3. The first kappa shape index (κ1) is 18.1. The Hall–Kier alpha value is -0.910. The molecule has 0 spiro atoms. The van der Waals surface area contributed by atoms with Crippen molar-refractivity contribution in [1.29, 1.82) is 0 Å². The molecule has 0 bridgehead atoms. The van der Waals surface area contributed by atoms with Gasteiger partial charge in [0.05, 0.1) is 4.91 Å². The van der Waals surface area contributed by atoms with Gasteiger partial charge in [0.2, 0.25) is 10.0 Å². The van der Waals surface area contributed by atoms with Crippen LogP contribution in [0.15, 0.2) is 35.3 Å². The standard InChI is InChI=1S/C14H22N2O2S.C2H6/c1-14(2)8-4-3-7-13(10-14)19(17,18)16-12-6-5-9-15-11-12;1-2/h3-4,7-8,10,12,15-16H,5-6,9,11H2,1-2H3;1-2H3. The molecule has 120 valence electrons. The maximum absolute atomic E-state index is 12.4. The van der Waals surface area contributed by atoms with Crippen LogP contribution in [0.2, 0.25) is 0 Å². The summed E-state index contributed by atoms with van der Waals surface area (Å²) in [5.41, 5.74) is -0.252. The fraction of sp³-hybridized carbons (Fsp3) is 0.625. The van der Waals surface area contributed by atoms with Gasteiger partial charge in [0.15, 0.2) is 0 Å². The van der Waals surface area contributed by atoms with E-state index in [1.807, 2.05) is 39.8 Å². The second-order valence-electron chi connectivity index (χ2n) is 5.75. The Morgan fingerprint density at radius 2 is 2.00 bits per heavy atom. The summed E-state index contributed by atoms with van der Waals surface area (Å²) in [6, 6.07) is -0.00706. The molecule has 0 aromatic rings. The van der Waals surface area contributed by atoms with Crippen molar-refractivity contribution in [2.75, 3.05) is 13.1 Å². The molecule has 1 fully saturated rings. The van der Waals surface area contributed by atoms with Gasteiger partial charge in [-0.1, -0.05) is 52.0 Å². The molecule has 0 aromatic carbocycles. The smallest absolute Gasteiger partial charge is 0.240 e. The van der Waals surface area contributed by atoms with Gasteiger partial charge >= 0.3 is 0 Å². The third-order valence-electron chi connectivity index (χ3n) is 3.34. The van der Waals surface area contributed by atoms with E-state index in [9.17, 15) is 8.42 Å². The fourth-order valence-corrected chi connectivity index (χ4v) is 3.82. The maximum Gasteiger partial charge on any atom is 0.240 e. The molecular formula is C16H28N2O2S. The van der Waals surface area contributed by atoms with E-state index in [2.05, 4.69) is 10.0 Å². The molecule has 1 aliphatic heterocycles. The molecule has 2 N–H and O–H groups in total. The summed E-state index contributed by atoms with van der Waals surface area (Å²) in [5.74, 6) is 0. The van der Waals surface area contributed by atoms with E-state index >= 15 is 0 Å². The maximum atomic E-state index is 12.4. The second-order valence-corrected chi connectivity index (χ2v) is 7.46. The molecule has 1 heterocycles. The molecule has 2 rings (SSSR count). The predicted molar refractivity (Wildman–Crippen MR) is 89.4 cm³/mol. The van der Waals surface area contributed by atoms with Crippen molar-refractivity contribution in [1.82, 2.24) is 10.0 Å². The van der Waals surface area contributed by atoms with E-state index in [0.29, 0.717) is 11.4 Å². The molecule has 0 amide bonds. The van der Waals surface area contributed by atoms with Crippen molar-refractivity contribution in [2.24, 2.45) is 5.41 Å². The van der Waals surface area contributed by atoms with Crippen LogP contribution in [0, 0.1) is 5.41 Å². The number of rotatable bonds is 3.